The van der Waals surface area contributed by atoms with Crippen molar-refractivity contribution in [3.05, 3.63) is 41.7 Å². The van der Waals surface area contributed by atoms with Gasteiger partial charge in [0.1, 0.15) is 6.67 Å². The van der Waals surface area contributed by atoms with Gasteiger partial charge in [-0.2, -0.15) is 0 Å². The number of nitrogens with zero attached hydrogens (tertiary/aromatic N) is 3. The minimum atomic E-state index is 0.540. The molecule has 0 fully saturated rings. The molecule has 0 N–H and O–H groups in total. The van der Waals surface area contributed by atoms with Gasteiger partial charge in [0.2, 0.25) is 0 Å². The lowest BCUT2D eigenvalue weighted by Crippen LogP contribution is -2.12. The number of allylic oxidation sites excluding steroid dienone is 3. The van der Waals surface area contributed by atoms with Gasteiger partial charge in [-0.3, -0.25) is 9.98 Å². The van der Waals surface area contributed by atoms with Gasteiger partial charge in [-0.15, -0.1) is 0 Å². The molecule has 0 amide bonds. The van der Waals surface area contributed by atoms with Crippen LogP contribution in [0.3, 0.4) is 0 Å². The molecule has 0 unspecified atom stereocenters. The van der Waals surface area contributed by atoms with Crippen molar-refractivity contribution >= 4 is 18.1 Å². The van der Waals surface area contributed by atoms with Crippen molar-refractivity contribution in [2.24, 2.45) is 9.98 Å². The van der Waals surface area contributed by atoms with Crippen LogP contribution < -0.4 is 0 Å². The molecule has 14 heavy (non-hydrogen) atoms. The summed E-state index contributed by atoms with van der Waals surface area (Å²) in [5.41, 5.74) is 3.26. The predicted octanol–water partition coefficient (Wildman–Crippen LogP) is 1.73. The van der Waals surface area contributed by atoms with Gasteiger partial charge < -0.3 is 4.57 Å². The average Bonchev–Trinajstić information content (AvgIpc) is 2.61. The highest BCUT2D eigenvalue weighted by Gasteiger charge is 2.14. The highest BCUT2D eigenvalue weighted by Crippen LogP contribution is 2.16. The second-order valence-corrected chi connectivity index (χ2v) is 3.22. The van der Waals surface area contributed by atoms with Crippen LogP contribution >= 0.6 is 0 Å². The Morgan fingerprint density at radius 2 is 2.36 bits per heavy atom. The largest absolute Gasteiger partial charge is 0.322 e. The van der Waals surface area contributed by atoms with E-state index in [9.17, 15) is 0 Å². The molecule has 0 aliphatic carbocycles. The molecule has 0 saturated carbocycles. The fraction of sp³-hybridized carbons (Fsp3) is 0.0909. The van der Waals surface area contributed by atoms with Gasteiger partial charge in [0.25, 0.3) is 0 Å². The lowest BCUT2D eigenvalue weighted by molar-refractivity contribution is 1.05. The quantitative estimate of drug-likeness (QED) is 0.586. The first-order valence-corrected chi connectivity index (χ1v) is 4.55. The summed E-state index contributed by atoms with van der Waals surface area (Å²) in [6.45, 7) is 0.540. The summed E-state index contributed by atoms with van der Waals surface area (Å²) in [7, 11) is 0. The van der Waals surface area contributed by atoms with Crippen LogP contribution in [0.15, 0.2) is 46.0 Å². The Balaban J connectivity index is 2.24. The van der Waals surface area contributed by atoms with E-state index in [0.29, 0.717) is 6.67 Å². The van der Waals surface area contributed by atoms with Crippen LogP contribution in [0.1, 0.15) is 5.69 Å². The van der Waals surface area contributed by atoms with E-state index in [1.807, 2.05) is 36.8 Å². The van der Waals surface area contributed by atoms with Crippen LogP contribution in [0.2, 0.25) is 0 Å². The normalized spacial score (nSPS) is 18.0. The van der Waals surface area contributed by atoms with Crippen LogP contribution in [-0.4, -0.2) is 23.2 Å². The molecule has 1 aromatic heterocycles. The van der Waals surface area contributed by atoms with Crippen molar-refractivity contribution in [3.63, 3.8) is 0 Å². The average molecular weight is 183 g/mol. The van der Waals surface area contributed by atoms with Crippen LogP contribution in [-0.2, 0) is 0 Å². The lowest BCUT2D eigenvalue weighted by atomic mass is 10.1. The Labute approximate surface area is 81.8 Å². The molecular weight excluding hydrogens is 174 g/mol. The molecule has 3 rings (SSSR count). The van der Waals surface area contributed by atoms with Crippen molar-refractivity contribution in [1.29, 1.82) is 0 Å². The van der Waals surface area contributed by atoms with Crippen LogP contribution in [0.25, 0.3) is 6.20 Å². The maximum Gasteiger partial charge on any atom is 0.130 e. The van der Waals surface area contributed by atoms with E-state index in [1.165, 1.54) is 0 Å². The summed E-state index contributed by atoms with van der Waals surface area (Å²) < 4.78 is 2.07. The minimum Gasteiger partial charge on any atom is -0.322 e. The zero-order valence-electron chi connectivity index (χ0n) is 7.59. The summed E-state index contributed by atoms with van der Waals surface area (Å²) in [6.07, 6.45) is 9.98. The minimum absolute atomic E-state index is 0.540. The summed E-state index contributed by atoms with van der Waals surface area (Å²) in [5, 5.41) is 0. The number of fused-ring (bicyclic) bond motifs is 3. The highest BCUT2D eigenvalue weighted by atomic mass is 15.0. The van der Waals surface area contributed by atoms with Crippen molar-refractivity contribution in [2.75, 3.05) is 6.67 Å². The molecule has 68 valence electrons. The number of hydrogen-bond acceptors (Lipinski definition) is 2. The molecule has 0 aromatic carbocycles. The van der Waals surface area contributed by atoms with Crippen LogP contribution in [0, 0.1) is 0 Å². The number of hydrogen-bond donors (Lipinski definition) is 0. The summed E-state index contributed by atoms with van der Waals surface area (Å²) in [4.78, 5) is 8.55. The third-order valence-corrected chi connectivity index (χ3v) is 2.36. The van der Waals surface area contributed by atoms with Crippen molar-refractivity contribution in [1.82, 2.24) is 4.57 Å². The Hall–Kier alpha value is -1.90. The molecular formula is C11H9N3. The van der Waals surface area contributed by atoms with Gasteiger partial charge in [-0.05, 0) is 24.3 Å². The Morgan fingerprint density at radius 1 is 1.36 bits per heavy atom. The van der Waals surface area contributed by atoms with Gasteiger partial charge in [-0.1, -0.05) is 0 Å². The maximum absolute atomic E-state index is 4.41. The van der Waals surface area contributed by atoms with Gasteiger partial charge in [0, 0.05) is 24.2 Å². The third-order valence-electron chi connectivity index (χ3n) is 2.36. The lowest BCUT2D eigenvalue weighted by Gasteiger charge is -2.09. The van der Waals surface area contributed by atoms with Gasteiger partial charge in [-0.25, -0.2) is 0 Å². The van der Waals surface area contributed by atoms with Gasteiger partial charge in [0.15, 0.2) is 0 Å². The van der Waals surface area contributed by atoms with Gasteiger partial charge in [0.05, 0.1) is 11.4 Å². The SMILES string of the molecule is C1=Cn2cccc2C2=NCN=CC2=C1. The van der Waals surface area contributed by atoms with Crippen LogP contribution in [0.5, 0.6) is 0 Å². The summed E-state index contributed by atoms with van der Waals surface area (Å²) in [6, 6.07) is 4.10. The number of aliphatic imine (C=N–C) groups is 2. The molecule has 1 aromatic rings. The first-order chi connectivity index (χ1) is 6.95. The second-order valence-electron chi connectivity index (χ2n) is 3.22. The fourth-order valence-electron chi connectivity index (χ4n) is 1.72. The Kier molecular flexibility index (Phi) is 1.50. The molecule has 3 heteroatoms. The summed E-state index contributed by atoms with van der Waals surface area (Å²) >= 11 is 0. The first kappa shape index (κ1) is 7.50. The molecule has 2 aliphatic heterocycles. The summed E-state index contributed by atoms with van der Waals surface area (Å²) in [5.74, 6) is 0. The smallest absolute Gasteiger partial charge is 0.130 e. The van der Waals surface area contributed by atoms with E-state index >= 15 is 0 Å². The van der Waals surface area contributed by atoms with Gasteiger partial charge >= 0.3 is 0 Å². The molecule has 0 spiro atoms. The zero-order valence-corrected chi connectivity index (χ0v) is 7.59. The van der Waals surface area contributed by atoms with Crippen molar-refractivity contribution in [2.45, 2.75) is 0 Å². The van der Waals surface area contributed by atoms with Crippen molar-refractivity contribution in [3.8, 4) is 0 Å². The monoisotopic (exact) mass is 183 g/mol. The maximum atomic E-state index is 4.41. The van der Waals surface area contributed by atoms with E-state index in [0.717, 1.165) is 17.0 Å². The third kappa shape index (κ3) is 0.988. The predicted molar refractivity (Wildman–Crippen MR) is 57.7 cm³/mol. The Bertz CT molecular complexity index is 486. The molecule has 3 nitrogen and oxygen atoms in total. The standard InChI is InChI=1S/C11H9N3/c1-3-9-7-12-8-13-11(9)10-4-2-6-14(10)5-1/h1-7H,8H2. The molecule has 3 heterocycles. The topological polar surface area (TPSA) is 29.6 Å². The first-order valence-electron chi connectivity index (χ1n) is 4.55. The van der Waals surface area contributed by atoms with E-state index < -0.39 is 0 Å². The molecule has 2 aliphatic rings. The molecule has 0 bridgehead atoms. The molecule has 0 radical (unpaired) electrons. The molecule has 0 saturated heterocycles. The molecule has 0 atom stereocenters. The Morgan fingerprint density at radius 3 is 3.36 bits per heavy atom. The van der Waals surface area contributed by atoms with E-state index in [4.69, 9.17) is 0 Å². The van der Waals surface area contributed by atoms with Crippen molar-refractivity contribution < 1.29 is 0 Å². The van der Waals surface area contributed by atoms with Crippen LogP contribution in [0.4, 0.5) is 0 Å². The zero-order chi connectivity index (χ0) is 9.38. The number of aromatic nitrogens is 1. The van der Waals surface area contributed by atoms with E-state index in [1.54, 1.807) is 0 Å². The van der Waals surface area contributed by atoms with E-state index in [-0.39, 0.29) is 0 Å². The second kappa shape index (κ2) is 2.80. The van der Waals surface area contributed by atoms with E-state index in [2.05, 4.69) is 20.6 Å². The fourth-order valence-corrected chi connectivity index (χ4v) is 1.72. The highest BCUT2D eigenvalue weighted by molar-refractivity contribution is 6.24. The number of rotatable bonds is 0.